The number of fused-ring (bicyclic) bond motifs is 1. The number of hydrogen-bond acceptors (Lipinski definition) is 3. The Morgan fingerprint density at radius 3 is 3.00 bits per heavy atom. The highest BCUT2D eigenvalue weighted by molar-refractivity contribution is 5.39. The number of rotatable bonds is 1. The lowest BCUT2D eigenvalue weighted by Crippen LogP contribution is -2.53. The molecule has 110 valence electrons. The average Bonchev–Trinajstić information content (AvgIpc) is 2.37. The Bertz CT molecular complexity index is 521. The molecule has 0 aromatic heterocycles. The Morgan fingerprint density at radius 2 is 2.25 bits per heavy atom. The number of ether oxygens (including phenoxy) is 2. The first-order chi connectivity index (χ1) is 9.45. The van der Waals surface area contributed by atoms with Crippen molar-refractivity contribution in [2.24, 2.45) is 5.73 Å². The lowest BCUT2D eigenvalue weighted by atomic mass is 9.75. The van der Waals surface area contributed by atoms with E-state index in [1.165, 1.54) is 12.1 Å². The highest BCUT2D eigenvalue weighted by Crippen LogP contribution is 2.47. The fourth-order valence-corrected chi connectivity index (χ4v) is 3.48. The second-order valence-corrected chi connectivity index (χ2v) is 6.36. The van der Waals surface area contributed by atoms with Gasteiger partial charge in [0, 0.05) is 36.9 Å². The van der Waals surface area contributed by atoms with Crippen molar-refractivity contribution in [3.05, 3.63) is 29.6 Å². The summed E-state index contributed by atoms with van der Waals surface area (Å²) in [6.45, 7) is 4.90. The van der Waals surface area contributed by atoms with Crippen LogP contribution in [0.1, 0.15) is 51.1 Å². The summed E-state index contributed by atoms with van der Waals surface area (Å²) >= 11 is 0. The normalized spacial score (nSPS) is 36.5. The first-order valence-corrected chi connectivity index (χ1v) is 7.33. The van der Waals surface area contributed by atoms with E-state index in [1.54, 1.807) is 6.07 Å². The van der Waals surface area contributed by atoms with Crippen molar-refractivity contribution in [3.8, 4) is 5.75 Å². The fourth-order valence-electron chi connectivity index (χ4n) is 3.48. The van der Waals surface area contributed by atoms with Crippen LogP contribution in [0, 0.1) is 5.82 Å². The summed E-state index contributed by atoms with van der Waals surface area (Å²) in [5.74, 6) is 0.322. The zero-order valence-electron chi connectivity index (χ0n) is 12.1. The third kappa shape index (κ3) is 2.31. The minimum Gasteiger partial charge on any atom is -0.487 e. The minimum atomic E-state index is -0.316. The topological polar surface area (TPSA) is 44.5 Å². The molecule has 3 atom stereocenters. The molecule has 0 saturated carbocycles. The smallest absolute Gasteiger partial charge is 0.127 e. The van der Waals surface area contributed by atoms with E-state index in [2.05, 4.69) is 13.8 Å². The van der Waals surface area contributed by atoms with E-state index in [-0.39, 0.29) is 23.1 Å². The molecule has 0 bridgehead atoms. The Balaban J connectivity index is 1.93. The van der Waals surface area contributed by atoms with Crippen LogP contribution in [0.3, 0.4) is 0 Å². The monoisotopic (exact) mass is 279 g/mol. The zero-order chi connectivity index (χ0) is 14.4. The van der Waals surface area contributed by atoms with Gasteiger partial charge in [0.15, 0.2) is 0 Å². The fraction of sp³-hybridized carbons (Fsp3) is 0.625. The molecule has 3 rings (SSSR count). The molecule has 1 saturated heterocycles. The molecule has 3 nitrogen and oxygen atoms in total. The third-order valence-electron chi connectivity index (χ3n) is 4.75. The van der Waals surface area contributed by atoms with Crippen LogP contribution in [0.15, 0.2) is 18.2 Å². The van der Waals surface area contributed by atoms with Crippen LogP contribution in [0.2, 0.25) is 0 Å². The standard InChI is InChI=1S/C16H22FNO2/c1-3-15(2)10-16(6-7-19-15)9-13(18)12-5-4-11(17)8-14(12)20-16/h4-5,8,13H,3,6-7,9-10,18H2,1-2H3/t13-,15?,16?/m1/s1. The molecular formula is C16H22FNO2. The number of benzene rings is 1. The second-order valence-electron chi connectivity index (χ2n) is 6.36. The van der Waals surface area contributed by atoms with Gasteiger partial charge in [-0.3, -0.25) is 0 Å². The lowest BCUT2D eigenvalue weighted by molar-refractivity contribution is -0.151. The molecule has 0 amide bonds. The van der Waals surface area contributed by atoms with Crippen molar-refractivity contribution in [1.82, 2.24) is 0 Å². The predicted molar refractivity (Wildman–Crippen MR) is 75.2 cm³/mol. The van der Waals surface area contributed by atoms with E-state index >= 15 is 0 Å². The first-order valence-electron chi connectivity index (χ1n) is 7.33. The SMILES string of the molecule is CCC1(C)CC2(CCO1)C[C@@H](N)c1ccc(F)cc1O2. The summed E-state index contributed by atoms with van der Waals surface area (Å²) in [7, 11) is 0. The maximum Gasteiger partial charge on any atom is 0.127 e. The van der Waals surface area contributed by atoms with Gasteiger partial charge in [-0.15, -0.1) is 0 Å². The van der Waals surface area contributed by atoms with Crippen LogP contribution in [0.5, 0.6) is 5.75 Å². The number of hydrogen-bond donors (Lipinski definition) is 1. The van der Waals surface area contributed by atoms with E-state index in [0.29, 0.717) is 12.4 Å². The van der Waals surface area contributed by atoms with Gasteiger partial charge in [0.25, 0.3) is 0 Å². The molecular weight excluding hydrogens is 257 g/mol. The van der Waals surface area contributed by atoms with E-state index in [0.717, 1.165) is 31.2 Å². The average molecular weight is 279 g/mol. The molecule has 2 heterocycles. The molecule has 20 heavy (non-hydrogen) atoms. The molecule has 1 fully saturated rings. The van der Waals surface area contributed by atoms with Crippen molar-refractivity contribution in [3.63, 3.8) is 0 Å². The van der Waals surface area contributed by atoms with Gasteiger partial charge in [-0.1, -0.05) is 13.0 Å². The molecule has 2 aliphatic rings. The van der Waals surface area contributed by atoms with Gasteiger partial charge < -0.3 is 15.2 Å². The second kappa shape index (κ2) is 4.71. The molecule has 2 N–H and O–H groups in total. The van der Waals surface area contributed by atoms with Gasteiger partial charge >= 0.3 is 0 Å². The van der Waals surface area contributed by atoms with Gasteiger partial charge in [-0.2, -0.15) is 0 Å². The predicted octanol–water partition coefficient (Wildman–Crippen LogP) is 3.33. The maximum atomic E-state index is 13.5. The van der Waals surface area contributed by atoms with Crippen LogP contribution < -0.4 is 10.5 Å². The van der Waals surface area contributed by atoms with E-state index in [1.807, 2.05) is 0 Å². The highest BCUT2D eigenvalue weighted by Gasteiger charge is 2.47. The van der Waals surface area contributed by atoms with Crippen LogP contribution in [0.4, 0.5) is 4.39 Å². The van der Waals surface area contributed by atoms with Crippen molar-refractivity contribution >= 4 is 0 Å². The van der Waals surface area contributed by atoms with Crippen molar-refractivity contribution in [2.45, 2.75) is 56.8 Å². The molecule has 2 unspecified atom stereocenters. The molecule has 1 aromatic carbocycles. The van der Waals surface area contributed by atoms with Crippen molar-refractivity contribution < 1.29 is 13.9 Å². The largest absolute Gasteiger partial charge is 0.487 e. The minimum absolute atomic E-state index is 0.0986. The van der Waals surface area contributed by atoms with Crippen LogP contribution in [-0.2, 0) is 4.74 Å². The number of nitrogens with two attached hydrogens (primary N) is 1. The molecule has 1 aromatic rings. The molecule has 2 aliphatic heterocycles. The van der Waals surface area contributed by atoms with Crippen LogP contribution in [-0.4, -0.2) is 17.8 Å². The Kier molecular flexibility index (Phi) is 3.26. The van der Waals surface area contributed by atoms with Gasteiger partial charge in [0.2, 0.25) is 0 Å². The molecule has 1 spiro atoms. The van der Waals surface area contributed by atoms with Gasteiger partial charge in [0.1, 0.15) is 17.2 Å². The van der Waals surface area contributed by atoms with Gasteiger partial charge in [-0.05, 0) is 19.4 Å². The van der Waals surface area contributed by atoms with Gasteiger partial charge in [-0.25, -0.2) is 4.39 Å². The highest BCUT2D eigenvalue weighted by atomic mass is 19.1. The van der Waals surface area contributed by atoms with Gasteiger partial charge in [0.05, 0.1) is 12.2 Å². The van der Waals surface area contributed by atoms with Crippen LogP contribution >= 0.6 is 0 Å². The third-order valence-corrected chi connectivity index (χ3v) is 4.75. The lowest BCUT2D eigenvalue weighted by Gasteiger charge is -2.49. The van der Waals surface area contributed by atoms with E-state index in [4.69, 9.17) is 15.2 Å². The maximum absolute atomic E-state index is 13.5. The summed E-state index contributed by atoms with van der Waals surface area (Å²) < 4.78 is 25.6. The summed E-state index contributed by atoms with van der Waals surface area (Å²) in [5.41, 5.74) is 6.70. The Hall–Kier alpha value is -1.13. The van der Waals surface area contributed by atoms with Crippen molar-refractivity contribution in [2.75, 3.05) is 6.61 Å². The summed E-state index contributed by atoms with van der Waals surface area (Å²) in [6, 6.07) is 4.54. The first kappa shape index (κ1) is 13.8. The molecule has 0 radical (unpaired) electrons. The summed E-state index contributed by atoms with van der Waals surface area (Å²) in [4.78, 5) is 0. The Morgan fingerprint density at radius 1 is 1.45 bits per heavy atom. The van der Waals surface area contributed by atoms with E-state index < -0.39 is 0 Å². The quantitative estimate of drug-likeness (QED) is 0.857. The zero-order valence-corrected chi connectivity index (χ0v) is 12.1. The number of halogens is 1. The summed E-state index contributed by atoms with van der Waals surface area (Å²) in [5, 5.41) is 0. The van der Waals surface area contributed by atoms with Crippen LogP contribution in [0.25, 0.3) is 0 Å². The summed E-state index contributed by atoms with van der Waals surface area (Å²) in [6.07, 6.45) is 3.32. The molecule has 4 heteroatoms. The van der Waals surface area contributed by atoms with E-state index in [9.17, 15) is 4.39 Å². The Labute approximate surface area is 119 Å². The van der Waals surface area contributed by atoms with Crippen molar-refractivity contribution in [1.29, 1.82) is 0 Å². The molecule has 0 aliphatic carbocycles.